The molecule has 1 aliphatic heterocycles. The molecule has 0 radical (unpaired) electrons. The molecule has 0 bridgehead atoms. The van der Waals surface area contributed by atoms with Crippen LogP contribution in [0.1, 0.15) is 13.8 Å². The van der Waals surface area contributed by atoms with Crippen LogP contribution >= 0.6 is 15.9 Å². The number of nitro benzene ring substituents is 1. The van der Waals surface area contributed by atoms with Crippen LogP contribution in [0.5, 0.6) is 0 Å². The normalized spacial score (nSPS) is 17.5. The zero-order valence-corrected chi connectivity index (χ0v) is 12.1. The Kier molecular flexibility index (Phi) is 3.53. The molecule has 0 saturated carbocycles. The molecule has 1 aromatic rings. The maximum atomic E-state index is 13.4. The number of aliphatic hydroxyl groups is 1. The Balaban J connectivity index is 2.32. The van der Waals surface area contributed by atoms with Crippen LogP contribution in [0.3, 0.4) is 0 Å². The SMILES string of the molecule is CC(C)C1(O)CN(c2cc(Br)c(F)cc2[N+](=O)[O-])C1. The highest BCUT2D eigenvalue weighted by molar-refractivity contribution is 9.10. The van der Waals surface area contributed by atoms with Crippen molar-refractivity contribution in [2.45, 2.75) is 19.4 Å². The van der Waals surface area contributed by atoms with E-state index in [4.69, 9.17) is 0 Å². The van der Waals surface area contributed by atoms with Crippen LogP contribution in [0, 0.1) is 21.8 Å². The van der Waals surface area contributed by atoms with Gasteiger partial charge in [-0.1, -0.05) is 13.8 Å². The summed E-state index contributed by atoms with van der Waals surface area (Å²) >= 11 is 3.02. The first-order valence-electron chi connectivity index (χ1n) is 5.85. The number of rotatable bonds is 3. The van der Waals surface area contributed by atoms with Crippen molar-refractivity contribution in [2.75, 3.05) is 18.0 Å². The van der Waals surface area contributed by atoms with Gasteiger partial charge in [0.25, 0.3) is 5.69 Å². The predicted molar refractivity (Wildman–Crippen MR) is 72.8 cm³/mol. The molecular formula is C12H14BrFN2O3. The highest BCUT2D eigenvalue weighted by atomic mass is 79.9. The monoisotopic (exact) mass is 332 g/mol. The van der Waals surface area contributed by atoms with Crippen molar-refractivity contribution in [3.63, 3.8) is 0 Å². The second-order valence-electron chi connectivity index (χ2n) is 5.13. The Bertz CT molecular complexity index is 530. The van der Waals surface area contributed by atoms with E-state index in [9.17, 15) is 19.6 Å². The highest BCUT2D eigenvalue weighted by Crippen LogP contribution is 2.39. The van der Waals surface area contributed by atoms with E-state index in [0.29, 0.717) is 18.8 Å². The van der Waals surface area contributed by atoms with Crippen LogP contribution in [-0.4, -0.2) is 28.7 Å². The molecule has 0 atom stereocenters. The Morgan fingerprint density at radius 3 is 2.58 bits per heavy atom. The summed E-state index contributed by atoms with van der Waals surface area (Å²) in [6.45, 7) is 4.41. The van der Waals surface area contributed by atoms with Gasteiger partial charge in [-0.25, -0.2) is 4.39 Å². The van der Waals surface area contributed by atoms with Crippen LogP contribution in [0.4, 0.5) is 15.8 Å². The van der Waals surface area contributed by atoms with E-state index in [-0.39, 0.29) is 16.1 Å². The van der Waals surface area contributed by atoms with E-state index in [1.54, 1.807) is 4.90 Å². The molecule has 0 amide bonds. The molecule has 7 heteroatoms. The molecule has 1 aliphatic rings. The van der Waals surface area contributed by atoms with Gasteiger partial charge in [-0.3, -0.25) is 10.1 Å². The molecular weight excluding hydrogens is 319 g/mol. The van der Waals surface area contributed by atoms with Crippen LogP contribution in [0.2, 0.25) is 0 Å². The van der Waals surface area contributed by atoms with Gasteiger partial charge in [0.1, 0.15) is 17.1 Å². The molecule has 1 saturated heterocycles. The fourth-order valence-corrected chi connectivity index (χ4v) is 2.41. The van der Waals surface area contributed by atoms with E-state index in [1.807, 2.05) is 13.8 Å². The molecule has 1 heterocycles. The van der Waals surface area contributed by atoms with E-state index in [0.717, 1.165) is 6.07 Å². The van der Waals surface area contributed by atoms with Crippen molar-refractivity contribution in [1.82, 2.24) is 0 Å². The number of hydrogen-bond acceptors (Lipinski definition) is 4. The minimum absolute atomic E-state index is 0.0618. The Hall–Kier alpha value is -1.21. The molecule has 0 spiro atoms. The zero-order valence-electron chi connectivity index (χ0n) is 10.6. The first kappa shape index (κ1) is 14.2. The minimum atomic E-state index is -0.839. The van der Waals surface area contributed by atoms with E-state index >= 15 is 0 Å². The number of halogens is 2. The third kappa shape index (κ3) is 2.44. The predicted octanol–water partition coefficient (Wildman–Crippen LogP) is 2.70. The second kappa shape index (κ2) is 4.72. The minimum Gasteiger partial charge on any atom is -0.386 e. The van der Waals surface area contributed by atoms with E-state index in [1.165, 1.54) is 6.07 Å². The third-order valence-electron chi connectivity index (χ3n) is 3.56. The summed E-state index contributed by atoms with van der Waals surface area (Å²) in [4.78, 5) is 12.0. The smallest absolute Gasteiger partial charge is 0.295 e. The van der Waals surface area contributed by atoms with E-state index in [2.05, 4.69) is 15.9 Å². The third-order valence-corrected chi connectivity index (χ3v) is 4.17. The van der Waals surface area contributed by atoms with Crippen molar-refractivity contribution in [3.05, 3.63) is 32.5 Å². The molecule has 5 nitrogen and oxygen atoms in total. The summed E-state index contributed by atoms with van der Waals surface area (Å²) in [6, 6.07) is 2.28. The summed E-state index contributed by atoms with van der Waals surface area (Å²) in [6.07, 6.45) is 0. The number of hydrogen-bond donors (Lipinski definition) is 1. The first-order chi connectivity index (χ1) is 8.74. The standard InChI is InChI=1S/C12H14BrFN2O3/c1-7(2)12(17)5-15(6-12)10-3-8(13)9(14)4-11(10)16(18)19/h3-4,7,17H,5-6H2,1-2H3. The topological polar surface area (TPSA) is 66.6 Å². The molecule has 1 aromatic carbocycles. The molecule has 2 rings (SSSR count). The Morgan fingerprint density at radius 2 is 2.11 bits per heavy atom. The quantitative estimate of drug-likeness (QED) is 0.682. The average Bonchev–Trinajstić information content (AvgIpc) is 2.27. The Morgan fingerprint density at radius 1 is 1.53 bits per heavy atom. The molecule has 0 aliphatic carbocycles. The highest BCUT2D eigenvalue weighted by Gasteiger charge is 2.45. The van der Waals surface area contributed by atoms with Crippen LogP contribution in [0.15, 0.2) is 16.6 Å². The summed E-state index contributed by atoms with van der Waals surface area (Å²) in [5.74, 6) is -0.609. The molecule has 104 valence electrons. The van der Waals surface area contributed by atoms with Crippen molar-refractivity contribution >= 4 is 27.3 Å². The molecule has 0 aromatic heterocycles. The van der Waals surface area contributed by atoms with Gasteiger partial charge < -0.3 is 10.0 Å². The molecule has 19 heavy (non-hydrogen) atoms. The van der Waals surface area contributed by atoms with Crippen LogP contribution in [0.25, 0.3) is 0 Å². The number of nitro groups is 1. The van der Waals surface area contributed by atoms with Gasteiger partial charge in [-0.15, -0.1) is 0 Å². The molecule has 1 N–H and O–H groups in total. The van der Waals surface area contributed by atoms with Crippen molar-refractivity contribution in [1.29, 1.82) is 0 Å². The largest absolute Gasteiger partial charge is 0.386 e. The van der Waals surface area contributed by atoms with Gasteiger partial charge in [-0.05, 0) is 27.9 Å². The maximum Gasteiger partial charge on any atom is 0.295 e. The fourth-order valence-electron chi connectivity index (χ4n) is 2.08. The van der Waals surface area contributed by atoms with Crippen LogP contribution in [-0.2, 0) is 0 Å². The zero-order chi connectivity index (χ0) is 14.4. The molecule has 1 fully saturated rings. The van der Waals surface area contributed by atoms with Gasteiger partial charge >= 0.3 is 0 Å². The number of benzene rings is 1. The number of β-amino-alcohol motifs (C(OH)–C–C–N with tert-alkyl or cyclic N) is 1. The summed E-state index contributed by atoms with van der Waals surface area (Å²) < 4.78 is 13.5. The van der Waals surface area contributed by atoms with E-state index < -0.39 is 16.3 Å². The number of nitrogens with zero attached hydrogens (tertiary/aromatic N) is 2. The van der Waals surface area contributed by atoms with Crippen molar-refractivity contribution < 1.29 is 14.4 Å². The number of anilines is 1. The van der Waals surface area contributed by atoms with Gasteiger partial charge in [0.2, 0.25) is 0 Å². The summed E-state index contributed by atoms with van der Waals surface area (Å²) in [5, 5.41) is 21.1. The van der Waals surface area contributed by atoms with Crippen molar-refractivity contribution in [3.8, 4) is 0 Å². The van der Waals surface area contributed by atoms with Crippen molar-refractivity contribution in [2.24, 2.45) is 5.92 Å². The lowest BCUT2D eigenvalue weighted by Gasteiger charge is -2.50. The lowest BCUT2D eigenvalue weighted by molar-refractivity contribution is -0.384. The summed E-state index contributed by atoms with van der Waals surface area (Å²) in [5.41, 5.74) is -0.801. The molecule has 0 unspecified atom stereocenters. The lowest BCUT2D eigenvalue weighted by atomic mass is 9.82. The lowest BCUT2D eigenvalue weighted by Crippen LogP contribution is -2.64. The second-order valence-corrected chi connectivity index (χ2v) is 5.98. The van der Waals surface area contributed by atoms with Gasteiger partial charge in [0, 0.05) is 13.1 Å². The Labute approximate surface area is 118 Å². The fraction of sp³-hybridized carbons (Fsp3) is 0.500. The van der Waals surface area contributed by atoms with Crippen LogP contribution < -0.4 is 4.90 Å². The average molecular weight is 333 g/mol. The summed E-state index contributed by atoms with van der Waals surface area (Å²) in [7, 11) is 0. The van der Waals surface area contributed by atoms with Gasteiger partial charge in [0.15, 0.2) is 0 Å². The van der Waals surface area contributed by atoms with Gasteiger partial charge in [-0.2, -0.15) is 0 Å². The maximum absolute atomic E-state index is 13.4. The first-order valence-corrected chi connectivity index (χ1v) is 6.64. The van der Waals surface area contributed by atoms with Gasteiger partial charge in [0.05, 0.1) is 15.5 Å².